The molecule has 1 saturated heterocycles. The molecule has 0 aliphatic carbocycles. The van der Waals surface area contributed by atoms with Crippen LogP contribution in [-0.4, -0.2) is 47.7 Å². The molecule has 0 atom stereocenters. The van der Waals surface area contributed by atoms with Crippen LogP contribution in [0.3, 0.4) is 0 Å². The third kappa shape index (κ3) is 4.24. The van der Waals surface area contributed by atoms with E-state index >= 15 is 0 Å². The Kier molecular flexibility index (Phi) is 6.42. The number of hydrogen-bond acceptors (Lipinski definition) is 3. The van der Waals surface area contributed by atoms with Crippen molar-refractivity contribution < 1.29 is 4.79 Å². The van der Waals surface area contributed by atoms with E-state index < -0.39 is 0 Å². The van der Waals surface area contributed by atoms with Gasteiger partial charge in [-0.2, -0.15) is 5.10 Å². The molecule has 1 aromatic carbocycles. The van der Waals surface area contributed by atoms with Crippen molar-refractivity contribution in [1.82, 2.24) is 20.4 Å². The number of hydrogen-bond donors (Lipinski definition) is 2. The average Bonchev–Trinajstić information content (AvgIpc) is 2.96. The highest BCUT2D eigenvalue weighted by atomic mass is 35.5. The van der Waals surface area contributed by atoms with Crippen molar-refractivity contribution in [3.05, 3.63) is 30.0 Å². The number of piperidine rings is 1. The first-order valence-electron chi connectivity index (χ1n) is 8.12. The van der Waals surface area contributed by atoms with E-state index in [1.165, 1.54) is 6.42 Å². The first kappa shape index (κ1) is 17.8. The van der Waals surface area contributed by atoms with Crippen molar-refractivity contribution in [1.29, 1.82) is 0 Å². The van der Waals surface area contributed by atoms with E-state index in [2.05, 4.69) is 15.5 Å². The molecule has 1 aliphatic rings. The number of aromatic amines is 1. The smallest absolute Gasteiger partial charge is 0.228 e. The van der Waals surface area contributed by atoms with Gasteiger partial charge in [0.15, 0.2) is 0 Å². The van der Waals surface area contributed by atoms with E-state index in [9.17, 15) is 4.79 Å². The van der Waals surface area contributed by atoms with Gasteiger partial charge in [0.05, 0.1) is 17.6 Å². The second kappa shape index (κ2) is 8.31. The number of nitrogens with one attached hydrogen (secondary N) is 2. The maximum Gasteiger partial charge on any atom is 0.228 e. The highest BCUT2D eigenvalue weighted by Gasteiger charge is 2.23. The largest absolute Gasteiger partial charge is 0.342 e. The minimum atomic E-state index is 0. The van der Waals surface area contributed by atoms with Crippen LogP contribution in [-0.2, 0) is 11.2 Å². The fourth-order valence-electron chi connectivity index (χ4n) is 3.23. The van der Waals surface area contributed by atoms with Crippen LogP contribution in [0.4, 0.5) is 0 Å². The highest BCUT2D eigenvalue weighted by Crippen LogP contribution is 2.21. The van der Waals surface area contributed by atoms with Crippen LogP contribution in [0.15, 0.2) is 24.3 Å². The van der Waals surface area contributed by atoms with Crippen LogP contribution in [0.2, 0.25) is 0 Å². The van der Waals surface area contributed by atoms with E-state index in [1.807, 2.05) is 36.2 Å². The number of halogens is 1. The van der Waals surface area contributed by atoms with Gasteiger partial charge in [0.2, 0.25) is 5.91 Å². The van der Waals surface area contributed by atoms with Crippen molar-refractivity contribution in [2.45, 2.75) is 25.7 Å². The molecule has 0 unspecified atom stereocenters. The fourth-order valence-corrected chi connectivity index (χ4v) is 3.23. The molecule has 126 valence electrons. The number of benzene rings is 1. The molecular formula is C17H25ClN4O. The average molecular weight is 337 g/mol. The van der Waals surface area contributed by atoms with Gasteiger partial charge in [0.25, 0.3) is 0 Å². The molecule has 1 fully saturated rings. The van der Waals surface area contributed by atoms with Crippen LogP contribution >= 0.6 is 12.4 Å². The van der Waals surface area contributed by atoms with Gasteiger partial charge in [-0.3, -0.25) is 9.89 Å². The maximum absolute atomic E-state index is 12.5. The molecular weight excluding hydrogens is 312 g/mol. The minimum Gasteiger partial charge on any atom is -0.342 e. The molecule has 1 aliphatic heterocycles. The highest BCUT2D eigenvalue weighted by molar-refractivity contribution is 5.87. The lowest BCUT2D eigenvalue weighted by atomic mass is 9.93. The molecule has 23 heavy (non-hydrogen) atoms. The number of amides is 1. The van der Waals surface area contributed by atoms with Crippen LogP contribution in [0.5, 0.6) is 0 Å². The summed E-state index contributed by atoms with van der Waals surface area (Å²) in [5.74, 6) is 0.964. The number of fused-ring (bicyclic) bond motifs is 1. The SMILES string of the molecule is CNCCC1CCN(C(=O)Cc2[nH]nc3ccccc23)CC1.Cl. The third-order valence-electron chi connectivity index (χ3n) is 4.64. The summed E-state index contributed by atoms with van der Waals surface area (Å²) in [6.45, 7) is 2.84. The number of likely N-dealkylation sites (tertiary alicyclic amines) is 1. The molecule has 1 amide bonds. The lowest BCUT2D eigenvalue weighted by molar-refractivity contribution is -0.131. The van der Waals surface area contributed by atoms with E-state index in [1.54, 1.807) is 0 Å². The summed E-state index contributed by atoms with van der Waals surface area (Å²) in [4.78, 5) is 14.5. The van der Waals surface area contributed by atoms with Crippen LogP contribution < -0.4 is 5.32 Å². The number of rotatable bonds is 5. The molecule has 6 heteroatoms. The van der Waals surface area contributed by atoms with E-state index in [4.69, 9.17) is 0 Å². The van der Waals surface area contributed by atoms with Gasteiger partial charge in [-0.15, -0.1) is 12.4 Å². The summed E-state index contributed by atoms with van der Waals surface area (Å²) in [6, 6.07) is 7.93. The summed E-state index contributed by atoms with van der Waals surface area (Å²) in [7, 11) is 1.99. The lowest BCUT2D eigenvalue weighted by Gasteiger charge is -2.32. The molecule has 3 rings (SSSR count). The second-order valence-electron chi connectivity index (χ2n) is 6.11. The zero-order valence-electron chi connectivity index (χ0n) is 13.5. The van der Waals surface area contributed by atoms with Gasteiger partial charge in [0, 0.05) is 18.5 Å². The number of para-hydroxylation sites is 1. The van der Waals surface area contributed by atoms with Crippen molar-refractivity contribution in [3.63, 3.8) is 0 Å². The minimum absolute atomic E-state index is 0. The van der Waals surface area contributed by atoms with Gasteiger partial charge in [-0.1, -0.05) is 18.2 Å². The number of carbonyl (C=O) groups is 1. The first-order valence-corrected chi connectivity index (χ1v) is 8.12. The van der Waals surface area contributed by atoms with Gasteiger partial charge >= 0.3 is 0 Å². The van der Waals surface area contributed by atoms with Crippen LogP contribution in [0, 0.1) is 5.92 Å². The predicted octanol–water partition coefficient (Wildman–Crippen LogP) is 2.38. The van der Waals surface area contributed by atoms with Crippen molar-refractivity contribution in [2.24, 2.45) is 5.92 Å². The Hall–Kier alpha value is -1.59. The Morgan fingerprint density at radius 2 is 2.09 bits per heavy atom. The number of H-pyrrole nitrogens is 1. The molecule has 2 heterocycles. The Bertz CT molecular complexity index is 634. The number of aromatic nitrogens is 2. The van der Waals surface area contributed by atoms with Gasteiger partial charge < -0.3 is 10.2 Å². The zero-order chi connectivity index (χ0) is 15.4. The summed E-state index contributed by atoms with van der Waals surface area (Å²) in [6.07, 6.45) is 3.87. The summed E-state index contributed by atoms with van der Waals surface area (Å²) in [5.41, 5.74) is 1.86. The van der Waals surface area contributed by atoms with Crippen LogP contribution in [0.25, 0.3) is 10.9 Å². The van der Waals surface area contributed by atoms with Crippen LogP contribution in [0.1, 0.15) is 25.0 Å². The Morgan fingerprint density at radius 1 is 1.35 bits per heavy atom. The van der Waals surface area contributed by atoms with E-state index in [-0.39, 0.29) is 18.3 Å². The summed E-state index contributed by atoms with van der Waals surface area (Å²) < 4.78 is 0. The molecule has 2 aromatic rings. The maximum atomic E-state index is 12.5. The fraction of sp³-hybridized carbons (Fsp3) is 0.529. The van der Waals surface area contributed by atoms with Crippen molar-refractivity contribution in [2.75, 3.05) is 26.7 Å². The Balaban J connectivity index is 0.00000192. The van der Waals surface area contributed by atoms with Gasteiger partial charge in [-0.25, -0.2) is 0 Å². The number of carbonyl (C=O) groups excluding carboxylic acids is 1. The standard InChI is InChI=1S/C17H24N4O.ClH/c1-18-9-6-13-7-10-21(11-8-13)17(22)12-16-14-4-2-3-5-15(14)19-20-16;/h2-5,13,18H,6-12H2,1H3,(H,19,20);1H. The molecule has 0 saturated carbocycles. The quantitative estimate of drug-likeness (QED) is 0.881. The third-order valence-corrected chi connectivity index (χ3v) is 4.64. The van der Waals surface area contributed by atoms with Gasteiger partial charge in [0.1, 0.15) is 0 Å². The Morgan fingerprint density at radius 3 is 2.83 bits per heavy atom. The predicted molar refractivity (Wildman–Crippen MR) is 94.9 cm³/mol. The molecule has 1 aromatic heterocycles. The molecule has 0 radical (unpaired) electrons. The topological polar surface area (TPSA) is 61.0 Å². The zero-order valence-corrected chi connectivity index (χ0v) is 14.4. The monoisotopic (exact) mass is 336 g/mol. The summed E-state index contributed by atoms with van der Waals surface area (Å²) >= 11 is 0. The first-order chi connectivity index (χ1) is 10.8. The van der Waals surface area contributed by atoms with Crippen molar-refractivity contribution >= 4 is 29.2 Å². The molecule has 5 nitrogen and oxygen atoms in total. The van der Waals surface area contributed by atoms with Crippen molar-refractivity contribution in [3.8, 4) is 0 Å². The number of nitrogens with zero attached hydrogens (tertiary/aromatic N) is 2. The lowest BCUT2D eigenvalue weighted by Crippen LogP contribution is -2.39. The van der Waals surface area contributed by atoms with E-state index in [0.29, 0.717) is 6.42 Å². The van der Waals surface area contributed by atoms with E-state index in [0.717, 1.165) is 55.0 Å². The molecule has 0 bridgehead atoms. The van der Waals surface area contributed by atoms with Gasteiger partial charge in [-0.05, 0) is 44.8 Å². The molecule has 2 N–H and O–H groups in total. The normalized spacial score (nSPS) is 15.6. The Labute approximate surface area is 143 Å². The molecule has 0 spiro atoms. The summed E-state index contributed by atoms with van der Waals surface area (Å²) in [5, 5.41) is 11.5. The second-order valence-corrected chi connectivity index (χ2v) is 6.11.